The Kier molecular flexibility index (Phi) is 6.55. The summed E-state index contributed by atoms with van der Waals surface area (Å²) in [5.41, 5.74) is 0. The minimum atomic E-state index is -3.11. The molecule has 1 aliphatic heterocycles. The highest BCUT2D eigenvalue weighted by Gasteiger charge is 2.22. The molecule has 2 N–H and O–H groups in total. The molecule has 1 saturated heterocycles. The molecule has 1 unspecified atom stereocenters. The van der Waals surface area contributed by atoms with Crippen molar-refractivity contribution in [1.82, 2.24) is 14.9 Å². The first kappa shape index (κ1) is 15.9. The van der Waals surface area contributed by atoms with E-state index in [0.29, 0.717) is 25.0 Å². The van der Waals surface area contributed by atoms with E-state index in [2.05, 4.69) is 35.8 Å². The zero-order chi connectivity index (χ0) is 13.6. The maximum Gasteiger partial charge on any atom is 0.211 e. The second-order valence-electron chi connectivity index (χ2n) is 5.41. The average molecular weight is 277 g/mol. The van der Waals surface area contributed by atoms with E-state index in [4.69, 9.17) is 0 Å². The van der Waals surface area contributed by atoms with Crippen LogP contribution in [-0.2, 0) is 10.0 Å². The highest BCUT2D eigenvalue weighted by molar-refractivity contribution is 7.89. The van der Waals surface area contributed by atoms with Crippen molar-refractivity contribution in [3.05, 3.63) is 0 Å². The molecule has 0 aromatic rings. The van der Waals surface area contributed by atoms with Crippen molar-refractivity contribution in [2.24, 2.45) is 0 Å². The largest absolute Gasteiger partial charge is 0.314 e. The number of nitrogens with one attached hydrogen (secondary N) is 2. The van der Waals surface area contributed by atoms with Gasteiger partial charge in [0.05, 0.1) is 5.75 Å². The van der Waals surface area contributed by atoms with Crippen molar-refractivity contribution in [1.29, 1.82) is 0 Å². The summed E-state index contributed by atoms with van der Waals surface area (Å²) >= 11 is 0. The molecular weight excluding hydrogens is 250 g/mol. The third-order valence-corrected chi connectivity index (χ3v) is 4.79. The second kappa shape index (κ2) is 7.43. The van der Waals surface area contributed by atoms with Gasteiger partial charge in [-0.2, -0.15) is 0 Å². The lowest BCUT2D eigenvalue weighted by atomic mass is 10.2. The topological polar surface area (TPSA) is 61.4 Å². The van der Waals surface area contributed by atoms with Crippen LogP contribution in [0.15, 0.2) is 0 Å². The van der Waals surface area contributed by atoms with E-state index in [1.807, 2.05) is 0 Å². The molecule has 0 bridgehead atoms. The van der Waals surface area contributed by atoms with Gasteiger partial charge in [-0.05, 0) is 39.4 Å². The first-order chi connectivity index (χ1) is 8.41. The van der Waals surface area contributed by atoms with Crippen molar-refractivity contribution >= 4 is 10.0 Å². The van der Waals surface area contributed by atoms with E-state index in [1.54, 1.807) is 0 Å². The van der Waals surface area contributed by atoms with Crippen LogP contribution in [0.5, 0.6) is 0 Å². The summed E-state index contributed by atoms with van der Waals surface area (Å²) in [6.07, 6.45) is 2.92. The fraction of sp³-hybridized carbons (Fsp3) is 1.00. The minimum Gasteiger partial charge on any atom is -0.314 e. The highest BCUT2D eigenvalue weighted by atomic mass is 32.2. The van der Waals surface area contributed by atoms with Crippen LogP contribution in [0.4, 0.5) is 0 Å². The Bertz CT molecular complexity index is 330. The second-order valence-corrected chi connectivity index (χ2v) is 7.33. The van der Waals surface area contributed by atoms with Gasteiger partial charge < -0.3 is 10.2 Å². The van der Waals surface area contributed by atoms with Crippen molar-refractivity contribution in [3.63, 3.8) is 0 Å². The molecule has 6 heteroatoms. The van der Waals surface area contributed by atoms with Gasteiger partial charge in [-0.15, -0.1) is 0 Å². The molecule has 108 valence electrons. The van der Waals surface area contributed by atoms with Gasteiger partial charge in [-0.1, -0.05) is 13.8 Å². The molecule has 1 aliphatic rings. The lowest BCUT2D eigenvalue weighted by Gasteiger charge is -2.19. The molecular formula is C12H27N3O2S. The number of likely N-dealkylation sites (N-methyl/N-ethyl adjacent to an activating group) is 1. The van der Waals surface area contributed by atoms with E-state index < -0.39 is 10.0 Å². The molecule has 1 heterocycles. The van der Waals surface area contributed by atoms with Crippen LogP contribution in [0, 0.1) is 0 Å². The Morgan fingerprint density at radius 1 is 1.39 bits per heavy atom. The Hall–Kier alpha value is -0.170. The van der Waals surface area contributed by atoms with Crippen LogP contribution >= 0.6 is 0 Å². The fourth-order valence-corrected chi connectivity index (χ4v) is 3.30. The molecule has 0 saturated carbocycles. The normalized spacial score (nSPS) is 21.9. The van der Waals surface area contributed by atoms with Crippen molar-refractivity contribution in [2.75, 3.05) is 32.4 Å². The van der Waals surface area contributed by atoms with Crippen molar-refractivity contribution in [2.45, 2.75) is 45.2 Å². The van der Waals surface area contributed by atoms with E-state index in [0.717, 1.165) is 19.5 Å². The first-order valence-corrected chi connectivity index (χ1v) is 8.47. The van der Waals surface area contributed by atoms with Gasteiger partial charge in [0.15, 0.2) is 0 Å². The van der Waals surface area contributed by atoms with Crippen LogP contribution in [0.3, 0.4) is 0 Å². The third kappa shape index (κ3) is 6.13. The molecule has 0 aliphatic carbocycles. The average Bonchev–Trinajstić information content (AvgIpc) is 2.68. The molecule has 1 rings (SSSR count). The zero-order valence-electron chi connectivity index (χ0n) is 11.8. The molecule has 0 spiro atoms. The number of nitrogens with zero attached hydrogens (tertiary/aromatic N) is 1. The SMILES string of the molecule is CC(C)NCCCS(=O)(=O)NCC1CCCN1C. The maximum atomic E-state index is 11.8. The summed E-state index contributed by atoms with van der Waals surface area (Å²) in [6.45, 7) is 6.49. The van der Waals surface area contributed by atoms with Gasteiger partial charge in [0.1, 0.15) is 0 Å². The number of rotatable bonds is 8. The number of likely N-dealkylation sites (tertiary alicyclic amines) is 1. The smallest absolute Gasteiger partial charge is 0.211 e. The standard InChI is InChI=1S/C12H27N3O2S/c1-11(2)13-7-5-9-18(16,17)14-10-12-6-4-8-15(12)3/h11-14H,4-10H2,1-3H3. The Labute approximate surface area is 111 Å². The summed E-state index contributed by atoms with van der Waals surface area (Å²) in [4.78, 5) is 2.23. The lowest BCUT2D eigenvalue weighted by Crippen LogP contribution is -2.39. The molecule has 1 atom stereocenters. The third-order valence-electron chi connectivity index (χ3n) is 3.35. The van der Waals surface area contributed by atoms with Gasteiger partial charge >= 0.3 is 0 Å². The van der Waals surface area contributed by atoms with Crippen LogP contribution in [0.2, 0.25) is 0 Å². The quantitative estimate of drug-likeness (QED) is 0.630. The van der Waals surface area contributed by atoms with Crippen LogP contribution in [0.1, 0.15) is 33.1 Å². The Morgan fingerprint density at radius 3 is 2.67 bits per heavy atom. The van der Waals surface area contributed by atoms with Crippen LogP contribution < -0.4 is 10.0 Å². The summed E-state index contributed by atoms with van der Waals surface area (Å²) in [5.74, 6) is 0.211. The monoisotopic (exact) mass is 277 g/mol. The van der Waals surface area contributed by atoms with Gasteiger partial charge in [0.2, 0.25) is 10.0 Å². The predicted molar refractivity (Wildman–Crippen MR) is 75.2 cm³/mol. The van der Waals surface area contributed by atoms with Crippen molar-refractivity contribution in [3.8, 4) is 0 Å². The Balaban J connectivity index is 2.19. The molecule has 0 amide bonds. The zero-order valence-corrected chi connectivity index (χ0v) is 12.6. The van der Waals surface area contributed by atoms with E-state index in [9.17, 15) is 8.42 Å². The number of hydrogen-bond donors (Lipinski definition) is 2. The summed E-state index contributed by atoms with van der Waals surface area (Å²) in [7, 11) is -1.05. The van der Waals surface area contributed by atoms with E-state index in [-0.39, 0.29) is 5.75 Å². The summed E-state index contributed by atoms with van der Waals surface area (Å²) in [6, 6.07) is 0.779. The van der Waals surface area contributed by atoms with Gasteiger partial charge in [0, 0.05) is 18.6 Å². The summed E-state index contributed by atoms with van der Waals surface area (Å²) < 4.78 is 26.3. The predicted octanol–water partition coefficient (Wildman–Crippen LogP) is 0.388. The number of sulfonamides is 1. The van der Waals surface area contributed by atoms with Gasteiger partial charge in [-0.3, -0.25) is 0 Å². The fourth-order valence-electron chi connectivity index (χ4n) is 2.19. The maximum absolute atomic E-state index is 11.8. The van der Waals surface area contributed by atoms with Gasteiger partial charge in [0.25, 0.3) is 0 Å². The summed E-state index contributed by atoms with van der Waals surface area (Å²) in [5, 5.41) is 3.22. The van der Waals surface area contributed by atoms with Crippen LogP contribution in [-0.4, -0.2) is 57.8 Å². The van der Waals surface area contributed by atoms with Gasteiger partial charge in [-0.25, -0.2) is 13.1 Å². The molecule has 0 aromatic carbocycles. The first-order valence-electron chi connectivity index (χ1n) is 6.81. The molecule has 0 aromatic heterocycles. The lowest BCUT2D eigenvalue weighted by molar-refractivity contribution is 0.311. The molecule has 18 heavy (non-hydrogen) atoms. The highest BCUT2D eigenvalue weighted by Crippen LogP contribution is 2.13. The minimum absolute atomic E-state index is 0.211. The Morgan fingerprint density at radius 2 is 2.11 bits per heavy atom. The van der Waals surface area contributed by atoms with E-state index >= 15 is 0 Å². The number of hydrogen-bond acceptors (Lipinski definition) is 4. The van der Waals surface area contributed by atoms with E-state index in [1.165, 1.54) is 6.42 Å². The molecule has 5 nitrogen and oxygen atoms in total. The molecule has 0 radical (unpaired) electrons. The molecule has 1 fully saturated rings. The van der Waals surface area contributed by atoms with Crippen molar-refractivity contribution < 1.29 is 8.42 Å². The van der Waals surface area contributed by atoms with Crippen LogP contribution in [0.25, 0.3) is 0 Å².